The second-order valence-corrected chi connectivity index (χ2v) is 8.95. The maximum absolute atomic E-state index is 12.5. The molecular formula is C17H28N4O4S. The Balaban J connectivity index is 1.55. The predicted molar refractivity (Wildman–Crippen MR) is 98.3 cm³/mol. The van der Waals surface area contributed by atoms with E-state index in [4.69, 9.17) is 4.42 Å². The Hall–Kier alpha value is -1.58. The van der Waals surface area contributed by atoms with E-state index in [0.29, 0.717) is 32.7 Å². The van der Waals surface area contributed by atoms with E-state index in [2.05, 4.69) is 10.2 Å². The summed E-state index contributed by atoms with van der Waals surface area (Å²) in [7, 11) is -3.19. The maximum atomic E-state index is 12.5. The highest BCUT2D eigenvalue weighted by molar-refractivity contribution is 7.88. The van der Waals surface area contributed by atoms with Crippen LogP contribution in [-0.4, -0.2) is 80.6 Å². The standard InChI is InChI=1S/C17H28N4O4S/c1-26(23,24)21-11-9-20(10-12-21)17(22)18-14-15(16-6-5-13-25-16)19-7-3-2-4-8-19/h5-6,13,15H,2-4,7-12,14H2,1H3,(H,18,22). The summed E-state index contributed by atoms with van der Waals surface area (Å²) in [6.45, 7) is 4.02. The summed E-state index contributed by atoms with van der Waals surface area (Å²) in [5.41, 5.74) is 0. The lowest BCUT2D eigenvalue weighted by atomic mass is 10.1. The maximum Gasteiger partial charge on any atom is 0.317 e. The van der Waals surface area contributed by atoms with Gasteiger partial charge in [0.2, 0.25) is 10.0 Å². The first-order valence-corrected chi connectivity index (χ1v) is 11.1. The molecule has 8 nitrogen and oxygen atoms in total. The highest BCUT2D eigenvalue weighted by atomic mass is 32.2. The van der Waals surface area contributed by atoms with Crippen molar-refractivity contribution in [2.45, 2.75) is 25.3 Å². The van der Waals surface area contributed by atoms with Gasteiger partial charge in [-0.15, -0.1) is 0 Å². The number of carbonyl (C=O) groups excluding carboxylic acids is 1. The Labute approximate surface area is 155 Å². The molecule has 0 radical (unpaired) electrons. The Morgan fingerprint density at radius 2 is 1.85 bits per heavy atom. The van der Waals surface area contributed by atoms with Crippen molar-refractivity contribution in [3.8, 4) is 0 Å². The Morgan fingerprint density at radius 1 is 1.15 bits per heavy atom. The molecule has 1 aromatic rings. The fourth-order valence-corrected chi connectivity index (χ4v) is 4.47. The van der Waals surface area contributed by atoms with Gasteiger partial charge >= 0.3 is 6.03 Å². The van der Waals surface area contributed by atoms with E-state index in [1.807, 2.05) is 12.1 Å². The molecule has 0 bridgehead atoms. The molecule has 2 saturated heterocycles. The van der Waals surface area contributed by atoms with Crippen LogP contribution in [0.3, 0.4) is 0 Å². The number of piperazine rings is 1. The molecule has 3 heterocycles. The van der Waals surface area contributed by atoms with Crippen molar-refractivity contribution < 1.29 is 17.6 Å². The molecule has 2 aliphatic heterocycles. The minimum atomic E-state index is -3.19. The van der Waals surface area contributed by atoms with Crippen LogP contribution in [0.2, 0.25) is 0 Å². The molecule has 1 unspecified atom stereocenters. The second-order valence-electron chi connectivity index (χ2n) is 6.96. The lowest BCUT2D eigenvalue weighted by molar-refractivity contribution is 0.136. The summed E-state index contributed by atoms with van der Waals surface area (Å²) in [5, 5.41) is 3.01. The van der Waals surface area contributed by atoms with Gasteiger partial charge in [0, 0.05) is 32.7 Å². The first-order chi connectivity index (χ1) is 12.4. The molecule has 2 fully saturated rings. The zero-order valence-corrected chi connectivity index (χ0v) is 16.1. The largest absolute Gasteiger partial charge is 0.468 e. The van der Waals surface area contributed by atoms with E-state index in [9.17, 15) is 13.2 Å². The van der Waals surface area contributed by atoms with Crippen LogP contribution in [0.4, 0.5) is 4.79 Å². The van der Waals surface area contributed by atoms with Crippen molar-refractivity contribution in [2.75, 3.05) is 52.1 Å². The van der Waals surface area contributed by atoms with Gasteiger partial charge in [-0.2, -0.15) is 4.31 Å². The molecular weight excluding hydrogens is 356 g/mol. The van der Waals surface area contributed by atoms with Crippen molar-refractivity contribution in [2.24, 2.45) is 0 Å². The minimum absolute atomic E-state index is 0.0339. The fourth-order valence-electron chi connectivity index (χ4n) is 3.64. The van der Waals surface area contributed by atoms with Crippen LogP contribution >= 0.6 is 0 Å². The van der Waals surface area contributed by atoms with Gasteiger partial charge in [0.15, 0.2) is 0 Å². The number of amides is 2. The first-order valence-electron chi connectivity index (χ1n) is 9.20. The van der Waals surface area contributed by atoms with Gasteiger partial charge in [-0.3, -0.25) is 4.90 Å². The van der Waals surface area contributed by atoms with Gasteiger partial charge in [0.25, 0.3) is 0 Å². The molecule has 2 aliphatic rings. The van der Waals surface area contributed by atoms with E-state index in [1.165, 1.54) is 29.8 Å². The topological polar surface area (TPSA) is 86.1 Å². The van der Waals surface area contributed by atoms with Crippen molar-refractivity contribution in [1.29, 1.82) is 0 Å². The third-order valence-electron chi connectivity index (χ3n) is 5.14. The summed E-state index contributed by atoms with van der Waals surface area (Å²) in [4.78, 5) is 16.6. The number of carbonyl (C=O) groups is 1. The van der Waals surface area contributed by atoms with E-state index in [1.54, 1.807) is 11.2 Å². The number of nitrogens with one attached hydrogen (secondary N) is 1. The van der Waals surface area contributed by atoms with Gasteiger partial charge in [0.1, 0.15) is 5.76 Å². The van der Waals surface area contributed by atoms with E-state index in [-0.39, 0.29) is 12.1 Å². The first kappa shape index (κ1) is 19.2. The Kier molecular flexibility index (Phi) is 6.20. The van der Waals surface area contributed by atoms with Crippen molar-refractivity contribution in [3.63, 3.8) is 0 Å². The van der Waals surface area contributed by atoms with E-state index >= 15 is 0 Å². The molecule has 1 N–H and O–H groups in total. The summed E-state index contributed by atoms with van der Waals surface area (Å²) in [6, 6.07) is 3.72. The zero-order chi connectivity index (χ0) is 18.6. The number of rotatable bonds is 5. The average Bonchev–Trinajstić information content (AvgIpc) is 3.16. The van der Waals surface area contributed by atoms with Crippen LogP contribution in [0.15, 0.2) is 22.8 Å². The number of sulfonamides is 1. The van der Waals surface area contributed by atoms with Gasteiger partial charge in [-0.05, 0) is 38.1 Å². The lowest BCUT2D eigenvalue weighted by Crippen LogP contribution is -2.53. The van der Waals surface area contributed by atoms with E-state index in [0.717, 1.165) is 18.8 Å². The van der Waals surface area contributed by atoms with Crippen molar-refractivity contribution in [1.82, 2.24) is 19.4 Å². The Bertz CT molecular complexity index is 678. The number of nitrogens with zero attached hydrogens (tertiary/aromatic N) is 3. The molecule has 0 saturated carbocycles. The normalized spacial score (nSPS) is 21.5. The quantitative estimate of drug-likeness (QED) is 0.821. The minimum Gasteiger partial charge on any atom is -0.468 e. The summed E-state index contributed by atoms with van der Waals surface area (Å²) in [6.07, 6.45) is 6.45. The second kappa shape index (κ2) is 8.41. The zero-order valence-electron chi connectivity index (χ0n) is 15.3. The third-order valence-corrected chi connectivity index (χ3v) is 6.45. The highest BCUT2D eigenvalue weighted by Crippen LogP contribution is 2.24. The molecule has 1 atom stereocenters. The molecule has 1 aromatic heterocycles. The lowest BCUT2D eigenvalue weighted by Gasteiger charge is -2.35. The van der Waals surface area contributed by atoms with Gasteiger partial charge in [0.05, 0.1) is 18.6 Å². The predicted octanol–water partition coefficient (Wildman–Crippen LogP) is 1.09. The molecule has 0 spiro atoms. The smallest absolute Gasteiger partial charge is 0.317 e. The molecule has 2 amide bonds. The molecule has 3 rings (SSSR count). The summed E-state index contributed by atoms with van der Waals surface area (Å²) >= 11 is 0. The highest BCUT2D eigenvalue weighted by Gasteiger charge is 2.28. The Morgan fingerprint density at radius 3 is 2.42 bits per heavy atom. The summed E-state index contributed by atoms with van der Waals surface area (Å²) < 4.78 is 30.2. The van der Waals surface area contributed by atoms with Crippen LogP contribution in [0.1, 0.15) is 31.1 Å². The van der Waals surface area contributed by atoms with Crippen LogP contribution in [-0.2, 0) is 10.0 Å². The number of likely N-dealkylation sites (tertiary alicyclic amines) is 1. The van der Waals surface area contributed by atoms with Crippen LogP contribution in [0.5, 0.6) is 0 Å². The van der Waals surface area contributed by atoms with Crippen LogP contribution < -0.4 is 5.32 Å². The van der Waals surface area contributed by atoms with Crippen molar-refractivity contribution in [3.05, 3.63) is 24.2 Å². The van der Waals surface area contributed by atoms with E-state index < -0.39 is 10.0 Å². The number of urea groups is 1. The monoisotopic (exact) mass is 384 g/mol. The third kappa shape index (κ3) is 4.77. The number of piperidine rings is 1. The molecule has 26 heavy (non-hydrogen) atoms. The number of hydrogen-bond acceptors (Lipinski definition) is 5. The number of furan rings is 1. The van der Waals surface area contributed by atoms with Crippen molar-refractivity contribution >= 4 is 16.1 Å². The van der Waals surface area contributed by atoms with Crippen LogP contribution in [0.25, 0.3) is 0 Å². The molecule has 0 aromatic carbocycles. The van der Waals surface area contributed by atoms with Gasteiger partial charge in [-0.25, -0.2) is 13.2 Å². The number of hydrogen-bond donors (Lipinski definition) is 1. The SMILES string of the molecule is CS(=O)(=O)N1CCN(C(=O)NCC(c2ccco2)N2CCCCC2)CC1. The molecule has 146 valence electrons. The van der Waals surface area contributed by atoms with Gasteiger partial charge in [-0.1, -0.05) is 6.42 Å². The van der Waals surface area contributed by atoms with Crippen LogP contribution in [0, 0.1) is 0 Å². The molecule has 0 aliphatic carbocycles. The fraction of sp³-hybridized carbons (Fsp3) is 0.706. The summed E-state index contributed by atoms with van der Waals surface area (Å²) in [5.74, 6) is 0.870. The average molecular weight is 385 g/mol. The van der Waals surface area contributed by atoms with Gasteiger partial charge < -0.3 is 14.6 Å². The molecule has 9 heteroatoms.